The zero-order chi connectivity index (χ0) is 32.0. The van der Waals surface area contributed by atoms with Gasteiger partial charge < -0.3 is 15.1 Å². The number of aromatic carboxylic acids is 1. The molecule has 0 aliphatic rings. The molecular weight excluding hydrogens is 579 g/mol. The fourth-order valence-corrected chi connectivity index (χ4v) is 5.03. The summed E-state index contributed by atoms with van der Waals surface area (Å²) in [5, 5.41) is 21.3. The monoisotopic (exact) mass is 613 g/mol. The van der Waals surface area contributed by atoms with Gasteiger partial charge in [-0.15, -0.1) is 0 Å². The zero-order valence-corrected chi connectivity index (χ0v) is 24.8. The van der Waals surface area contributed by atoms with Gasteiger partial charge in [0.15, 0.2) is 0 Å². The number of carbonyl (C=O) groups is 2. The molecule has 3 N–H and O–H groups in total. The number of hydrogen-bond acceptors (Lipinski definition) is 7. The number of aryl methyl sites for hydroxylation is 2. The van der Waals surface area contributed by atoms with E-state index in [4.69, 9.17) is 9.90 Å². The Morgan fingerprint density at radius 2 is 1.69 bits per heavy atom. The molecule has 2 aromatic heterocycles. The first kappa shape index (κ1) is 34.1. The number of alkyl halides is 3. The van der Waals surface area contributed by atoms with Gasteiger partial charge in [0, 0.05) is 26.3 Å². The van der Waals surface area contributed by atoms with E-state index in [0.29, 0.717) is 6.54 Å². The zero-order valence-electron chi connectivity index (χ0n) is 24.0. The Morgan fingerprint density at radius 3 is 2.14 bits per heavy atom. The lowest BCUT2D eigenvalue weighted by Crippen LogP contribution is -2.23. The van der Waals surface area contributed by atoms with E-state index in [2.05, 4.69) is 14.8 Å². The first-order valence-corrected chi connectivity index (χ1v) is 14.2. The van der Waals surface area contributed by atoms with Crippen molar-refractivity contribution in [2.24, 2.45) is 7.05 Å². The standard InChI is InChI=1S/C25H33N5O4S.C2HF3O2/c1-16(2)19-9-11-21(12-10-19)35(33,34)28-20-14-23(25(31)32)24(26-15-20)29(5)13-7-8-22-17(3)27-30(6)18(22)4;3-2(4,5)1(6)7/h9-12,14-16,28H,7-8,13H2,1-6H3,(H,31,32);(H,6,7). The largest absolute Gasteiger partial charge is 0.490 e. The Balaban J connectivity index is 0.000000782. The van der Waals surface area contributed by atoms with Crippen LogP contribution >= 0.6 is 0 Å². The summed E-state index contributed by atoms with van der Waals surface area (Å²) in [6, 6.07) is 7.92. The molecule has 0 saturated carbocycles. The van der Waals surface area contributed by atoms with E-state index in [1.807, 2.05) is 39.4 Å². The summed E-state index contributed by atoms with van der Waals surface area (Å²) in [5.41, 5.74) is 4.35. The molecule has 0 atom stereocenters. The third-order valence-corrected chi connectivity index (χ3v) is 7.79. The second-order valence-electron chi connectivity index (χ2n) is 9.83. The van der Waals surface area contributed by atoms with Gasteiger partial charge in [0.05, 0.1) is 22.5 Å². The number of rotatable bonds is 10. The molecule has 230 valence electrons. The highest BCUT2D eigenvalue weighted by molar-refractivity contribution is 7.92. The number of aromatic nitrogens is 3. The van der Waals surface area contributed by atoms with Gasteiger partial charge in [-0.2, -0.15) is 18.3 Å². The quantitative estimate of drug-likeness (QED) is 0.294. The summed E-state index contributed by atoms with van der Waals surface area (Å²) >= 11 is 0. The number of anilines is 2. The van der Waals surface area contributed by atoms with E-state index in [1.54, 1.807) is 24.1 Å². The van der Waals surface area contributed by atoms with Crippen molar-refractivity contribution in [3.05, 3.63) is 64.6 Å². The number of nitrogens with zero attached hydrogens (tertiary/aromatic N) is 4. The van der Waals surface area contributed by atoms with Crippen molar-refractivity contribution in [3.8, 4) is 0 Å². The molecule has 1 aromatic carbocycles. The summed E-state index contributed by atoms with van der Waals surface area (Å²) < 4.78 is 61.7. The van der Waals surface area contributed by atoms with Gasteiger partial charge in [-0.1, -0.05) is 26.0 Å². The van der Waals surface area contributed by atoms with E-state index >= 15 is 0 Å². The van der Waals surface area contributed by atoms with Crippen LogP contribution in [0.5, 0.6) is 0 Å². The molecule has 0 saturated heterocycles. The van der Waals surface area contributed by atoms with Crippen LogP contribution in [-0.2, 0) is 28.3 Å². The highest BCUT2D eigenvalue weighted by Gasteiger charge is 2.38. The number of sulfonamides is 1. The first-order chi connectivity index (χ1) is 19.3. The molecule has 42 heavy (non-hydrogen) atoms. The number of benzene rings is 1. The Hall–Kier alpha value is -4.14. The molecule has 0 radical (unpaired) electrons. The van der Waals surface area contributed by atoms with Crippen LogP contribution in [0.3, 0.4) is 0 Å². The van der Waals surface area contributed by atoms with Gasteiger partial charge in [-0.3, -0.25) is 9.40 Å². The van der Waals surface area contributed by atoms with Crippen molar-refractivity contribution in [3.63, 3.8) is 0 Å². The van der Waals surface area contributed by atoms with Crippen molar-refractivity contribution >= 4 is 33.5 Å². The molecule has 11 nitrogen and oxygen atoms in total. The van der Waals surface area contributed by atoms with E-state index in [0.717, 1.165) is 29.8 Å². The molecular formula is C27H34F3N5O6S. The summed E-state index contributed by atoms with van der Waals surface area (Å²) in [6.45, 7) is 8.64. The second-order valence-corrected chi connectivity index (χ2v) is 11.5. The summed E-state index contributed by atoms with van der Waals surface area (Å²) in [7, 11) is -0.197. The highest BCUT2D eigenvalue weighted by Crippen LogP contribution is 2.24. The van der Waals surface area contributed by atoms with E-state index < -0.39 is 28.1 Å². The van der Waals surface area contributed by atoms with Crippen molar-refractivity contribution < 1.29 is 41.4 Å². The van der Waals surface area contributed by atoms with Gasteiger partial charge >= 0.3 is 18.1 Å². The topological polar surface area (TPSA) is 155 Å². The lowest BCUT2D eigenvalue weighted by molar-refractivity contribution is -0.192. The van der Waals surface area contributed by atoms with Crippen molar-refractivity contribution in [2.45, 2.75) is 57.5 Å². The molecule has 0 spiro atoms. The predicted molar refractivity (Wildman–Crippen MR) is 150 cm³/mol. The van der Waals surface area contributed by atoms with Crippen LogP contribution in [0, 0.1) is 13.8 Å². The van der Waals surface area contributed by atoms with Crippen LogP contribution in [0.25, 0.3) is 0 Å². The molecule has 0 aliphatic heterocycles. The van der Waals surface area contributed by atoms with Gasteiger partial charge in [0.1, 0.15) is 11.4 Å². The van der Waals surface area contributed by atoms with Crippen LogP contribution in [0.4, 0.5) is 24.7 Å². The molecule has 0 amide bonds. The van der Waals surface area contributed by atoms with Crippen LogP contribution in [0.1, 0.15) is 59.1 Å². The summed E-state index contributed by atoms with van der Waals surface area (Å²) in [6.07, 6.45) is -2.15. The maximum atomic E-state index is 12.8. The van der Waals surface area contributed by atoms with E-state index in [-0.39, 0.29) is 27.9 Å². The minimum Gasteiger partial charge on any atom is -0.478 e. The maximum absolute atomic E-state index is 12.8. The lowest BCUT2D eigenvalue weighted by Gasteiger charge is -2.20. The SMILES string of the molecule is Cc1nn(C)c(C)c1CCCN(C)c1ncc(NS(=O)(=O)c2ccc(C(C)C)cc2)cc1C(=O)O.O=C(O)C(F)(F)F. The normalized spacial score (nSPS) is 11.6. The number of nitrogens with one attached hydrogen (secondary N) is 1. The Labute approximate surface area is 242 Å². The lowest BCUT2D eigenvalue weighted by atomic mass is 10.0. The van der Waals surface area contributed by atoms with Gasteiger partial charge in [-0.25, -0.2) is 23.0 Å². The molecule has 0 unspecified atom stereocenters. The summed E-state index contributed by atoms with van der Waals surface area (Å²) in [5.74, 6) is -3.38. The number of pyridine rings is 1. The van der Waals surface area contributed by atoms with Gasteiger partial charge in [0.25, 0.3) is 10.0 Å². The van der Waals surface area contributed by atoms with Crippen LogP contribution in [-0.4, -0.2) is 65.1 Å². The Kier molecular flexibility index (Phi) is 11.1. The first-order valence-electron chi connectivity index (χ1n) is 12.7. The molecule has 15 heteroatoms. The summed E-state index contributed by atoms with van der Waals surface area (Å²) in [4.78, 5) is 27.0. The second kappa shape index (κ2) is 13.7. The molecule has 3 aromatic rings. The fraction of sp³-hybridized carbons (Fsp3) is 0.407. The third kappa shape index (κ3) is 8.93. The fourth-order valence-electron chi connectivity index (χ4n) is 4.00. The third-order valence-electron chi connectivity index (χ3n) is 6.39. The average Bonchev–Trinajstić information content (AvgIpc) is 3.13. The Bertz CT molecular complexity index is 1520. The number of hydrogen-bond donors (Lipinski definition) is 3. The van der Waals surface area contributed by atoms with Crippen molar-refractivity contribution in [2.75, 3.05) is 23.2 Å². The maximum Gasteiger partial charge on any atom is 0.490 e. The van der Waals surface area contributed by atoms with Crippen LogP contribution < -0.4 is 9.62 Å². The average molecular weight is 614 g/mol. The Morgan fingerprint density at radius 1 is 1.12 bits per heavy atom. The van der Waals surface area contributed by atoms with Crippen molar-refractivity contribution in [1.29, 1.82) is 0 Å². The molecule has 2 heterocycles. The minimum absolute atomic E-state index is 0.0726. The highest BCUT2D eigenvalue weighted by atomic mass is 32.2. The number of carboxylic acid groups (broad SMARTS) is 2. The van der Waals surface area contributed by atoms with Crippen molar-refractivity contribution in [1.82, 2.24) is 14.8 Å². The van der Waals surface area contributed by atoms with Crippen LogP contribution in [0.15, 0.2) is 41.4 Å². The predicted octanol–water partition coefficient (Wildman–Crippen LogP) is 4.76. The van der Waals surface area contributed by atoms with E-state index in [1.165, 1.54) is 30.0 Å². The molecule has 0 aliphatic carbocycles. The molecule has 0 fully saturated rings. The number of aliphatic carboxylic acids is 1. The minimum atomic E-state index is -5.08. The van der Waals surface area contributed by atoms with E-state index in [9.17, 15) is 31.5 Å². The molecule has 0 bridgehead atoms. The van der Waals surface area contributed by atoms with Crippen LogP contribution in [0.2, 0.25) is 0 Å². The smallest absolute Gasteiger partial charge is 0.478 e. The molecule has 3 rings (SSSR count). The number of carboxylic acids is 2. The van der Waals surface area contributed by atoms with Gasteiger partial charge in [0.2, 0.25) is 0 Å². The van der Waals surface area contributed by atoms with Gasteiger partial charge in [-0.05, 0) is 61.9 Å². The number of halogens is 3.